The fourth-order valence-electron chi connectivity index (χ4n) is 1.95. The van der Waals surface area contributed by atoms with Crippen molar-refractivity contribution in [1.82, 2.24) is 10.2 Å². The maximum absolute atomic E-state index is 11.3. The molecule has 1 aliphatic carbocycles. The minimum atomic E-state index is 0.278. The number of likely N-dealkylation sites (N-methyl/N-ethyl adjacent to an activating group) is 1. The van der Waals surface area contributed by atoms with Gasteiger partial charge < -0.3 is 10.2 Å². The third kappa shape index (κ3) is 2.21. The molecule has 2 aliphatic rings. The largest absolute Gasteiger partial charge is 0.354 e. The van der Waals surface area contributed by atoms with E-state index in [-0.39, 0.29) is 5.91 Å². The first-order valence-corrected chi connectivity index (χ1v) is 5.25. The summed E-state index contributed by atoms with van der Waals surface area (Å²) in [4.78, 5) is 13.7. The summed E-state index contributed by atoms with van der Waals surface area (Å²) in [5, 5.41) is 3.04. The quantitative estimate of drug-likeness (QED) is 0.693. The van der Waals surface area contributed by atoms with Crippen LogP contribution in [0.5, 0.6) is 0 Å². The van der Waals surface area contributed by atoms with Crippen LogP contribution in [0.3, 0.4) is 0 Å². The van der Waals surface area contributed by atoms with Crippen LogP contribution in [0.4, 0.5) is 0 Å². The normalized spacial score (nSPS) is 29.2. The molecular weight excluding hydrogens is 164 g/mol. The SMILES string of the molecule is CN1CCCC1CNC(=O)C1CC1. The second kappa shape index (κ2) is 3.66. The lowest BCUT2D eigenvalue weighted by atomic mass is 10.2. The smallest absolute Gasteiger partial charge is 0.223 e. The highest BCUT2D eigenvalue weighted by atomic mass is 16.2. The summed E-state index contributed by atoms with van der Waals surface area (Å²) in [6, 6.07) is 0.586. The van der Waals surface area contributed by atoms with Crippen molar-refractivity contribution >= 4 is 5.91 Å². The maximum atomic E-state index is 11.3. The molecule has 1 heterocycles. The molecule has 1 atom stereocenters. The molecule has 1 unspecified atom stereocenters. The maximum Gasteiger partial charge on any atom is 0.223 e. The van der Waals surface area contributed by atoms with Crippen LogP contribution in [0.2, 0.25) is 0 Å². The van der Waals surface area contributed by atoms with Crippen molar-refractivity contribution in [3.8, 4) is 0 Å². The van der Waals surface area contributed by atoms with Crippen LogP contribution in [-0.4, -0.2) is 37.0 Å². The van der Waals surface area contributed by atoms with Crippen molar-refractivity contribution < 1.29 is 4.79 Å². The highest BCUT2D eigenvalue weighted by molar-refractivity contribution is 5.80. The molecular formula is C10H18N2O. The Morgan fingerprint density at radius 1 is 1.46 bits per heavy atom. The number of likely N-dealkylation sites (tertiary alicyclic amines) is 1. The van der Waals surface area contributed by atoms with Gasteiger partial charge in [0.15, 0.2) is 0 Å². The summed E-state index contributed by atoms with van der Waals surface area (Å²) in [5.74, 6) is 0.631. The van der Waals surface area contributed by atoms with Gasteiger partial charge in [0, 0.05) is 18.5 Å². The van der Waals surface area contributed by atoms with Gasteiger partial charge in [0.2, 0.25) is 5.91 Å². The Morgan fingerprint density at radius 2 is 2.23 bits per heavy atom. The summed E-state index contributed by atoms with van der Waals surface area (Å²) < 4.78 is 0. The highest BCUT2D eigenvalue weighted by Gasteiger charge is 2.30. The molecule has 0 radical (unpaired) electrons. The first kappa shape index (κ1) is 9.00. The molecule has 3 heteroatoms. The molecule has 74 valence electrons. The second-order valence-electron chi connectivity index (χ2n) is 4.30. The highest BCUT2D eigenvalue weighted by Crippen LogP contribution is 2.28. The van der Waals surface area contributed by atoms with Gasteiger partial charge in [-0.05, 0) is 39.3 Å². The zero-order chi connectivity index (χ0) is 9.26. The zero-order valence-corrected chi connectivity index (χ0v) is 8.25. The van der Waals surface area contributed by atoms with Crippen LogP contribution in [0.15, 0.2) is 0 Å². The first-order chi connectivity index (χ1) is 6.27. The van der Waals surface area contributed by atoms with Gasteiger partial charge in [-0.2, -0.15) is 0 Å². The lowest BCUT2D eigenvalue weighted by molar-refractivity contribution is -0.122. The predicted octanol–water partition coefficient (Wildman–Crippen LogP) is 0.607. The van der Waals surface area contributed by atoms with Crippen LogP contribution >= 0.6 is 0 Å². The zero-order valence-electron chi connectivity index (χ0n) is 8.25. The first-order valence-electron chi connectivity index (χ1n) is 5.25. The van der Waals surface area contributed by atoms with Crippen molar-refractivity contribution in [3.05, 3.63) is 0 Å². The number of carbonyl (C=O) groups is 1. The van der Waals surface area contributed by atoms with Gasteiger partial charge in [0.25, 0.3) is 0 Å². The van der Waals surface area contributed by atoms with E-state index in [2.05, 4.69) is 17.3 Å². The van der Waals surface area contributed by atoms with E-state index in [1.54, 1.807) is 0 Å². The Kier molecular flexibility index (Phi) is 2.54. The van der Waals surface area contributed by atoms with E-state index in [1.807, 2.05) is 0 Å². The lowest BCUT2D eigenvalue weighted by Crippen LogP contribution is -2.38. The van der Waals surface area contributed by atoms with E-state index in [0.29, 0.717) is 12.0 Å². The van der Waals surface area contributed by atoms with E-state index in [9.17, 15) is 4.79 Å². The molecule has 0 spiro atoms. The summed E-state index contributed by atoms with van der Waals surface area (Å²) in [7, 11) is 2.14. The Bertz CT molecular complexity index is 201. The van der Waals surface area contributed by atoms with E-state index in [0.717, 1.165) is 19.4 Å². The van der Waals surface area contributed by atoms with Crippen LogP contribution in [0, 0.1) is 5.92 Å². The Balaban J connectivity index is 1.68. The molecule has 2 rings (SSSR count). The number of amides is 1. The molecule has 1 amide bonds. The number of nitrogens with one attached hydrogen (secondary N) is 1. The second-order valence-corrected chi connectivity index (χ2v) is 4.30. The van der Waals surface area contributed by atoms with Crippen LogP contribution < -0.4 is 5.32 Å². The van der Waals surface area contributed by atoms with E-state index in [1.165, 1.54) is 19.4 Å². The van der Waals surface area contributed by atoms with Gasteiger partial charge in [-0.3, -0.25) is 4.79 Å². The molecule has 13 heavy (non-hydrogen) atoms. The summed E-state index contributed by atoms with van der Waals surface area (Å²) >= 11 is 0. The van der Waals surface area contributed by atoms with Gasteiger partial charge in [-0.15, -0.1) is 0 Å². The van der Waals surface area contributed by atoms with E-state index >= 15 is 0 Å². The lowest BCUT2D eigenvalue weighted by Gasteiger charge is -2.19. The summed E-state index contributed by atoms with van der Waals surface area (Å²) in [6.45, 7) is 2.04. The van der Waals surface area contributed by atoms with Crippen molar-refractivity contribution in [3.63, 3.8) is 0 Å². The van der Waals surface area contributed by atoms with Crippen molar-refractivity contribution in [2.24, 2.45) is 5.92 Å². The molecule has 1 N–H and O–H groups in total. The van der Waals surface area contributed by atoms with Gasteiger partial charge >= 0.3 is 0 Å². The Hall–Kier alpha value is -0.570. The van der Waals surface area contributed by atoms with Crippen molar-refractivity contribution in [1.29, 1.82) is 0 Å². The molecule has 0 bridgehead atoms. The number of rotatable bonds is 3. The third-order valence-electron chi connectivity index (χ3n) is 3.13. The van der Waals surface area contributed by atoms with Gasteiger partial charge in [0.1, 0.15) is 0 Å². The van der Waals surface area contributed by atoms with Gasteiger partial charge in [0.05, 0.1) is 0 Å². The molecule has 0 aromatic heterocycles. The van der Waals surface area contributed by atoms with Crippen LogP contribution in [0.25, 0.3) is 0 Å². The summed E-state index contributed by atoms with van der Waals surface area (Å²) in [5.41, 5.74) is 0. The predicted molar refractivity (Wildman–Crippen MR) is 51.4 cm³/mol. The average molecular weight is 182 g/mol. The molecule has 1 saturated carbocycles. The number of carbonyl (C=O) groups excluding carboxylic acids is 1. The average Bonchev–Trinajstić information content (AvgIpc) is 2.88. The number of nitrogens with zero attached hydrogens (tertiary/aromatic N) is 1. The topological polar surface area (TPSA) is 32.3 Å². The summed E-state index contributed by atoms with van der Waals surface area (Å²) in [6.07, 6.45) is 4.72. The fraction of sp³-hybridized carbons (Fsp3) is 0.900. The van der Waals surface area contributed by atoms with Crippen molar-refractivity contribution in [2.45, 2.75) is 31.7 Å². The van der Waals surface area contributed by atoms with Crippen LogP contribution in [-0.2, 0) is 4.79 Å². The number of hydrogen-bond donors (Lipinski definition) is 1. The number of hydrogen-bond acceptors (Lipinski definition) is 2. The molecule has 3 nitrogen and oxygen atoms in total. The minimum absolute atomic E-state index is 0.278. The Labute approximate surface area is 79.5 Å². The molecule has 1 saturated heterocycles. The third-order valence-corrected chi connectivity index (χ3v) is 3.13. The van der Waals surface area contributed by atoms with Gasteiger partial charge in [-0.1, -0.05) is 0 Å². The molecule has 0 aromatic rings. The molecule has 2 fully saturated rings. The van der Waals surface area contributed by atoms with Crippen molar-refractivity contribution in [2.75, 3.05) is 20.1 Å². The fourth-order valence-corrected chi connectivity index (χ4v) is 1.95. The Morgan fingerprint density at radius 3 is 2.77 bits per heavy atom. The minimum Gasteiger partial charge on any atom is -0.354 e. The van der Waals surface area contributed by atoms with E-state index in [4.69, 9.17) is 0 Å². The van der Waals surface area contributed by atoms with Gasteiger partial charge in [-0.25, -0.2) is 0 Å². The monoisotopic (exact) mass is 182 g/mol. The molecule has 0 aromatic carbocycles. The standard InChI is InChI=1S/C10H18N2O/c1-12-6-2-3-9(12)7-11-10(13)8-4-5-8/h8-9H,2-7H2,1H3,(H,11,13). The molecule has 1 aliphatic heterocycles. The van der Waals surface area contributed by atoms with Crippen LogP contribution in [0.1, 0.15) is 25.7 Å². The van der Waals surface area contributed by atoms with E-state index < -0.39 is 0 Å².